The Labute approximate surface area is 233 Å². The number of aryl methyl sites for hydroxylation is 2. The van der Waals surface area contributed by atoms with Crippen molar-refractivity contribution in [2.24, 2.45) is 4.99 Å². The number of rotatable bonds is 8. The molecule has 0 spiro atoms. The number of hydrogen-bond donors (Lipinski definition) is 3. The third-order valence-corrected chi connectivity index (χ3v) is 5.90. The predicted molar refractivity (Wildman–Crippen MR) is 149 cm³/mol. The average molecular weight is 555 g/mol. The Kier molecular flexibility index (Phi) is 7.76. The zero-order valence-corrected chi connectivity index (χ0v) is 22.3. The highest BCUT2D eigenvalue weighted by molar-refractivity contribution is 5.92. The largest absolute Gasteiger partial charge is 0.346 e. The normalized spacial score (nSPS) is 11.1. The van der Waals surface area contributed by atoms with Crippen LogP contribution in [0.1, 0.15) is 33.1 Å². The van der Waals surface area contributed by atoms with Crippen molar-refractivity contribution in [2.75, 3.05) is 12.4 Å². The number of nitrogens with zero attached hydrogens (tertiary/aromatic N) is 7. The molecule has 0 radical (unpaired) electrons. The fraction of sp³-hybridized carbons (Fsp3) is 0.143. The van der Waals surface area contributed by atoms with Crippen LogP contribution in [0.4, 0.5) is 20.4 Å². The van der Waals surface area contributed by atoms with E-state index in [4.69, 9.17) is 0 Å². The number of pyridine rings is 3. The summed E-state index contributed by atoms with van der Waals surface area (Å²) < 4.78 is 28.3. The van der Waals surface area contributed by atoms with Gasteiger partial charge in [-0.1, -0.05) is 6.07 Å². The molecular weight excluding hydrogens is 530 g/mol. The molecule has 0 bridgehead atoms. The lowest BCUT2D eigenvalue weighted by molar-refractivity contribution is 0.0941. The molecule has 5 heterocycles. The van der Waals surface area contributed by atoms with Gasteiger partial charge in [-0.15, -0.1) is 0 Å². The fourth-order valence-corrected chi connectivity index (χ4v) is 3.98. The van der Waals surface area contributed by atoms with Crippen LogP contribution < -0.4 is 10.6 Å². The molecule has 5 aromatic rings. The van der Waals surface area contributed by atoms with E-state index in [1.807, 2.05) is 0 Å². The van der Waals surface area contributed by atoms with Crippen LogP contribution in [0, 0.1) is 25.6 Å². The molecule has 0 aromatic carbocycles. The van der Waals surface area contributed by atoms with E-state index in [0.717, 1.165) is 0 Å². The Bertz CT molecular complexity index is 1750. The highest BCUT2D eigenvalue weighted by Crippen LogP contribution is 2.22. The van der Waals surface area contributed by atoms with Gasteiger partial charge in [-0.2, -0.15) is 9.49 Å². The van der Waals surface area contributed by atoms with Crippen molar-refractivity contribution in [3.05, 3.63) is 95.0 Å². The Hall–Kier alpha value is -5.46. The van der Waals surface area contributed by atoms with Crippen LogP contribution in [0.5, 0.6) is 0 Å². The van der Waals surface area contributed by atoms with Crippen LogP contribution in [-0.4, -0.2) is 54.3 Å². The third kappa shape index (κ3) is 6.41. The summed E-state index contributed by atoms with van der Waals surface area (Å²) in [5.41, 5.74) is 3.81. The monoisotopic (exact) mass is 554 g/mol. The molecule has 206 valence electrons. The van der Waals surface area contributed by atoms with Crippen LogP contribution in [0.2, 0.25) is 0 Å². The Morgan fingerprint density at radius 3 is 2.59 bits per heavy atom. The number of nitrogens with one attached hydrogen (secondary N) is 3. The van der Waals surface area contributed by atoms with Gasteiger partial charge in [0, 0.05) is 66.8 Å². The lowest BCUT2D eigenvalue weighted by atomic mass is 10.1. The maximum Gasteiger partial charge on any atom is 0.273 e. The summed E-state index contributed by atoms with van der Waals surface area (Å²) in [6.45, 7) is 3.58. The van der Waals surface area contributed by atoms with Crippen LogP contribution in [0.25, 0.3) is 22.6 Å². The minimum absolute atomic E-state index is 0.102. The standard InChI is InChI=1S/C28H24F2N10O/c1-15-8-24(37-25-10-19(14-31-3)39-40-25)38-27(35-15)18-9-21(29)26(33-13-18)28(41)34-12-17-4-6-22(32-11-17)20-5-7-23(30)36-16(20)2/h4-11,13-14H,12H2,1-3H3,(H,34,41)(H2,35,37,38,39,40). The van der Waals surface area contributed by atoms with Crippen LogP contribution in [0.3, 0.4) is 0 Å². The summed E-state index contributed by atoms with van der Waals surface area (Å²) in [6, 6.07) is 11.0. The summed E-state index contributed by atoms with van der Waals surface area (Å²) in [5, 5.41) is 12.7. The molecule has 0 aliphatic heterocycles. The number of aliphatic imine (C=N–C) groups is 1. The lowest BCUT2D eigenvalue weighted by Crippen LogP contribution is -2.25. The van der Waals surface area contributed by atoms with E-state index in [0.29, 0.717) is 51.1 Å². The van der Waals surface area contributed by atoms with E-state index >= 15 is 0 Å². The molecule has 41 heavy (non-hydrogen) atoms. The molecule has 0 aliphatic carbocycles. The minimum atomic E-state index is -0.817. The zero-order chi connectivity index (χ0) is 28.9. The summed E-state index contributed by atoms with van der Waals surface area (Å²) in [4.78, 5) is 37.6. The third-order valence-electron chi connectivity index (χ3n) is 5.90. The number of aromatic amines is 1. The summed E-state index contributed by atoms with van der Waals surface area (Å²) in [5.74, 6) is -0.860. The van der Waals surface area contributed by atoms with Gasteiger partial charge < -0.3 is 10.6 Å². The van der Waals surface area contributed by atoms with Gasteiger partial charge in [0.15, 0.2) is 23.2 Å². The number of H-pyrrole nitrogens is 1. The number of aromatic nitrogens is 7. The van der Waals surface area contributed by atoms with E-state index in [2.05, 4.69) is 50.7 Å². The molecule has 3 N–H and O–H groups in total. The van der Waals surface area contributed by atoms with Crippen molar-refractivity contribution in [3.8, 4) is 22.6 Å². The number of carbonyl (C=O) groups is 1. The molecule has 13 heteroatoms. The highest BCUT2D eigenvalue weighted by atomic mass is 19.1. The van der Waals surface area contributed by atoms with Crippen LogP contribution in [0.15, 0.2) is 59.9 Å². The van der Waals surface area contributed by atoms with Gasteiger partial charge in [0.1, 0.15) is 5.82 Å². The lowest BCUT2D eigenvalue weighted by Gasteiger charge is -2.09. The first kappa shape index (κ1) is 27.1. The number of anilines is 2. The van der Waals surface area contributed by atoms with Crippen molar-refractivity contribution in [3.63, 3.8) is 0 Å². The second-order valence-electron chi connectivity index (χ2n) is 8.99. The predicted octanol–water partition coefficient (Wildman–Crippen LogP) is 4.34. The van der Waals surface area contributed by atoms with Gasteiger partial charge in [0.05, 0.1) is 11.4 Å². The van der Waals surface area contributed by atoms with Crippen LogP contribution >= 0.6 is 0 Å². The van der Waals surface area contributed by atoms with Crippen LogP contribution in [-0.2, 0) is 6.54 Å². The van der Waals surface area contributed by atoms with E-state index in [1.54, 1.807) is 63.6 Å². The van der Waals surface area contributed by atoms with Crippen molar-refractivity contribution in [1.29, 1.82) is 0 Å². The van der Waals surface area contributed by atoms with Gasteiger partial charge in [-0.3, -0.25) is 19.9 Å². The summed E-state index contributed by atoms with van der Waals surface area (Å²) in [7, 11) is 1.66. The summed E-state index contributed by atoms with van der Waals surface area (Å²) in [6.07, 6.45) is 4.55. The quantitative estimate of drug-likeness (QED) is 0.190. The molecule has 11 nitrogen and oxygen atoms in total. The Balaban J connectivity index is 1.26. The molecule has 0 saturated heterocycles. The molecule has 0 atom stereocenters. The smallest absolute Gasteiger partial charge is 0.273 e. The Morgan fingerprint density at radius 1 is 1.00 bits per heavy atom. The van der Waals surface area contributed by atoms with Crippen molar-refractivity contribution in [1.82, 2.24) is 40.4 Å². The molecular formula is C28H24F2N10O. The second kappa shape index (κ2) is 11.7. The van der Waals surface area contributed by atoms with Crippen molar-refractivity contribution < 1.29 is 13.6 Å². The molecule has 5 rings (SSSR count). The highest BCUT2D eigenvalue weighted by Gasteiger charge is 2.17. The molecule has 1 amide bonds. The van der Waals surface area contributed by atoms with Gasteiger partial charge >= 0.3 is 0 Å². The Morgan fingerprint density at radius 2 is 1.85 bits per heavy atom. The fourth-order valence-electron chi connectivity index (χ4n) is 3.98. The average Bonchev–Trinajstić information content (AvgIpc) is 3.38. The van der Waals surface area contributed by atoms with Crippen molar-refractivity contribution >= 4 is 23.8 Å². The number of halogens is 2. The number of amides is 1. The first-order valence-electron chi connectivity index (χ1n) is 12.4. The van der Waals surface area contributed by atoms with E-state index in [9.17, 15) is 13.6 Å². The second-order valence-corrected chi connectivity index (χ2v) is 8.99. The molecule has 0 unspecified atom stereocenters. The van der Waals surface area contributed by atoms with Gasteiger partial charge in [0.2, 0.25) is 5.95 Å². The van der Waals surface area contributed by atoms with E-state index in [-0.39, 0.29) is 18.1 Å². The molecule has 5 aromatic heterocycles. The molecule has 0 saturated carbocycles. The van der Waals surface area contributed by atoms with E-state index in [1.165, 1.54) is 18.3 Å². The van der Waals surface area contributed by atoms with Gasteiger partial charge in [-0.05, 0) is 43.7 Å². The van der Waals surface area contributed by atoms with Gasteiger partial charge in [0.25, 0.3) is 5.91 Å². The zero-order valence-electron chi connectivity index (χ0n) is 22.3. The van der Waals surface area contributed by atoms with Crippen molar-refractivity contribution in [2.45, 2.75) is 20.4 Å². The summed E-state index contributed by atoms with van der Waals surface area (Å²) >= 11 is 0. The molecule has 0 fully saturated rings. The first-order chi connectivity index (χ1) is 19.8. The maximum absolute atomic E-state index is 15.0. The topological polar surface area (TPSA) is 147 Å². The molecule has 0 aliphatic rings. The first-order valence-corrected chi connectivity index (χ1v) is 12.4. The minimum Gasteiger partial charge on any atom is -0.346 e. The number of hydrogen-bond acceptors (Lipinski definition) is 9. The van der Waals surface area contributed by atoms with E-state index < -0.39 is 17.7 Å². The maximum atomic E-state index is 15.0. The number of carbonyl (C=O) groups excluding carboxylic acids is 1. The van der Waals surface area contributed by atoms with Gasteiger partial charge in [-0.25, -0.2) is 24.3 Å². The SMILES string of the molecule is CN=Cc1cc(Nc2cc(C)nc(-c3cnc(C(=O)NCc4ccc(-c5ccc(F)nc5C)nc4)c(F)c3)n2)n[nH]1.